The summed E-state index contributed by atoms with van der Waals surface area (Å²) in [4.78, 5) is 16.5. The summed E-state index contributed by atoms with van der Waals surface area (Å²) < 4.78 is 12.1. The van der Waals surface area contributed by atoms with Crippen molar-refractivity contribution in [3.63, 3.8) is 0 Å². The zero-order valence-electron chi connectivity index (χ0n) is 13.7. The number of carbonyl (C=O) groups excluding carboxylic acids is 1. The molecule has 1 aromatic heterocycles. The van der Waals surface area contributed by atoms with Crippen molar-refractivity contribution in [2.75, 3.05) is 19.5 Å². The molecule has 128 valence electrons. The molecule has 0 aliphatic rings. The van der Waals surface area contributed by atoms with Crippen LogP contribution in [0.15, 0.2) is 55.0 Å². The van der Waals surface area contributed by atoms with Crippen molar-refractivity contribution in [1.29, 1.82) is 0 Å². The van der Waals surface area contributed by atoms with Gasteiger partial charge < -0.3 is 19.4 Å². The topological polar surface area (TPSA) is 65.4 Å². The van der Waals surface area contributed by atoms with Crippen LogP contribution >= 0.6 is 11.6 Å². The van der Waals surface area contributed by atoms with Crippen molar-refractivity contribution in [3.05, 3.63) is 65.7 Å². The number of amides is 1. The molecule has 0 fully saturated rings. The van der Waals surface area contributed by atoms with Gasteiger partial charge in [0.2, 0.25) is 0 Å². The van der Waals surface area contributed by atoms with E-state index >= 15 is 0 Å². The lowest BCUT2D eigenvalue weighted by molar-refractivity contribution is 0.102. The number of halogens is 1. The summed E-state index contributed by atoms with van der Waals surface area (Å²) >= 11 is 5.99. The number of methoxy groups -OCH3 is 2. The van der Waals surface area contributed by atoms with E-state index in [1.54, 1.807) is 54.5 Å². The third-order valence-corrected chi connectivity index (χ3v) is 3.80. The molecule has 0 bridgehead atoms. The van der Waals surface area contributed by atoms with Crippen molar-refractivity contribution < 1.29 is 14.3 Å². The van der Waals surface area contributed by atoms with Gasteiger partial charge in [-0.15, -0.1) is 0 Å². The molecule has 2 aromatic carbocycles. The number of nitrogens with zero attached hydrogens (tertiary/aromatic N) is 2. The Labute approximate surface area is 150 Å². The van der Waals surface area contributed by atoms with Gasteiger partial charge in [-0.3, -0.25) is 4.79 Å². The highest BCUT2D eigenvalue weighted by atomic mass is 35.5. The van der Waals surface area contributed by atoms with Crippen molar-refractivity contribution in [2.45, 2.75) is 0 Å². The molecule has 3 aromatic rings. The van der Waals surface area contributed by atoms with Crippen molar-refractivity contribution in [3.8, 4) is 17.2 Å². The first-order valence-electron chi connectivity index (χ1n) is 7.44. The first-order chi connectivity index (χ1) is 12.1. The fraction of sp³-hybridized carbons (Fsp3) is 0.111. The fourth-order valence-electron chi connectivity index (χ4n) is 2.33. The maximum atomic E-state index is 12.4. The molecule has 0 aliphatic heterocycles. The molecule has 0 aliphatic carbocycles. The minimum absolute atomic E-state index is 0.287. The van der Waals surface area contributed by atoms with Crippen molar-refractivity contribution in [2.24, 2.45) is 0 Å². The molecule has 1 amide bonds. The normalized spacial score (nSPS) is 10.4. The largest absolute Gasteiger partial charge is 0.493 e. The number of aromatic nitrogens is 2. The SMILES string of the molecule is COc1ccc(NC(=O)c2cn(-c3cccc(Cl)c3)cn2)cc1OC. The van der Waals surface area contributed by atoms with E-state index in [1.807, 2.05) is 12.1 Å². The molecule has 0 saturated heterocycles. The average molecular weight is 358 g/mol. The molecule has 1 heterocycles. The monoisotopic (exact) mass is 357 g/mol. The van der Waals surface area contributed by atoms with Gasteiger partial charge in [-0.2, -0.15) is 0 Å². The van der Waals surface area contributed by atoms with E-state index in [1.165, 1.54) is 7.11 Å². The lowest BCUT2D eigenvalue weighted by Gasteiger charge is -2.10. The molecule has 0 saturated carbocycles. The Bertz CT molecular complexity index is 908. The van der Waals surface area contributed by atoms with Gasteiger partial charge in [-0.25, -0.2) is 4.98 Å². The third kappa shape index (κ3) is 3.75. The predicted molar refractivity (Wildman–Crippen MR) is 96.1 cm³/mol. The second-order valence-electron chi connectivity index (χ2n) is 5.17. The fourth-order valence-corrected chi connectivity index (χ4v) is 2.51. The van der Waals surface area contributed by atoms with E-state index in [0.29, 0.717) is 22.2 Å². The van der Waals surface area contributed by atoms with Crippen LogP contribution < -0.4 is 14.8 Å². The smallest absolute Gasteiger partial charge is 0.275 e. The minimum Gasteiger partial charge on any atom is -0.493 e. The Morgan fingerprint density at radius 1 is 1.12 bits per heavy atom. The van der Waals surface area contributed by atoms with Gasteiger partial charge in [-0.1, -0.05) is 17.7 Å². The van der Waals surface area contributed by atoms with Crippen LogP contribution in [-0.4, -0.2) is 29.7 Å². The van der Waals surface area contributed by atoms with Crippen molar-refractivity contribution >= 4 is 23.2 Å². The molecule has 0 radical (unpaired) electrons. The molecular weight excluding hydrogens is 342 g/mol. The average Bonchev–Trinajstić information content (AvgIpc) is 3.12. The predicted octanol–water partition coefficient (Wildman–Crippen LogP) is 3.80. The molecular formula is C18H16ClN3O3. The quantitative estimate of drug-likeness (QED) is 0.754. The van der Waals surface area contributed by atoms with Gasteiger partial charge in [0, 0.05) is 28.7 Å². The first-order valence-corrected chi connectivity index (χ1v) is 7.82. The van der Waals surface area contributed by atoms with E-state index in [4.69, 9.17) is 21.1 Å². The molecule has 0 spiro atoms. The Kier molecular flexibility index (Phi) is 4.90. The third-order valence-electron chi connectivity index (χ3n) is 3.56. The maximum Gasteiger partial charge on any atom is 0.275 e. The number of imidazole rings is 1. The molecule has 6 nitrogen and oxygen atoms in total. The Hall–Kier alpha value is -2.99. The minimum atomic E-state index is -0.326. The van der Waals surface area contributed by atoms with Crippen LogP contribution in [0.4, 0.5) is 5.69 Å². The second kappa shape index (κ2) is 7.27. The summed E-state index contributed by atoms with van der Waals surface area (Å²) in [5.74, 6) is 0.795. The number of hydrogen-bond donors (Lipinski definition) is 1. The Balaban J connectivity index is 1.78. The summed E-state index contributed by atoms with van der Waals surface area (Å²) in [6.45, 7) is 0. The van der Waals surface area contributed by atoms with Gasteiger partial charge in [0.1, 0.15) is 12.0 Å². The number of nitrogens with one attached hydrogen (secondary N) is 1. The number of anilines is 1. The maximum absolute atomic E-state index is 12.4. The number of benzene rings is 2. The van der Waals surface area contributed by atoms with E-state index in [9.17, 15) is 4.79 Å². The number of hydrogen-bond acceptors (Lipinski definition) is 4. The van der Waals surface area contributed by atoms with Gasteiger partial charge in [0.15, 0.2) is 11.5 Å². The van der Waals surface area contributed by atoms with Gasteiger partial charge >= 0.3 is 0 Å². The summed E-state index contributed by atoms with van der Waals surface area (Å²) in [5.41, 5.74) is 1.69. The molecule has 25 heavy (non-hydrogen) atoms. The summed E-state index contributed by atoms with van der Waals surface area (Å²) in [6, 6.07) is 12.4. The Morgan fingerprint density at radius 3 is 2.64 bits per heavy atom. The summed E-state index contributed by atoms with van der Waals surface area (Å²) in [6.07, 6.45) is 3.21. The molecule has 0 atom stereocenters. The highest BCUT2D eigenvalue weighted by molar-refractivity contribution is 6.30. The van der Waals surface area contributed by atoms with Gasteiger partial charge in [0.05, 0.1) is 14.2 Å². The second-order valence-corrected chi connectivity index (χ2v) is 5.61. The lowest BCUT2D eigenvalue weighted by atomic mass is 10.2. The summed E-state index contributed by atoms with van der Waals surface area (Å²) in [7, 11) is 3.09. The number of rotatable bonds is 5. The van der Waals surface area contributed by atoms with E-state index in [2.05, 4.69) is 10.3 Å². The highest BCUT2D eigenvalue weighted by Crippen LogP contribution is 2.29. The molecule has 0 unspecified atom stereocenters. The van der Waals surface area contributed by atoms with E-state index < -0.39 is 0 Å². The standard InChI is InChI=1S/C18H16ClN3O3/c1-24-16-7-6-13(9-17(16)25-2)21-18(23)15-10-22(11-20-15)14-5-3-4-12(19)8-14/h3-11H,1-2H3,(H,21,23). The molecule has 3 rings (SSSR count). The lowest BCUT2D eigenvalue weighted by Crippen LogP contribution is -2.12. The van der Waals surface area contributed by atoms with Crippen LogP contribution in [0.5, 0.6) is 11.5 Å². The van der Waals surface area contributed by atoms with Gasteiger partial charge in [0.25, 0.3) is 5.91 Å². The Morgan fingerprint density at radius 2 is 1.92 bits per heavy atom. The van der Waals surface area contributed by atoms with E-state index in [-0.39, 0.29) is 11.6 Å². The highest BCUT2D eigenvalue weighted by Gasteiger charge is 2.12. The van der Waals surface area contributed by atoms with E-state index in [0.717, 1.165) is 5.69 Å². The summed E-state index contributed by atoms with van der Waals surface area (Å²) in [5, 5.41) is 3.40. The van der Waals surface area contributed by atoms with Crippen LogP contribution in [-0.2, 0) is 0 Å². The molecule has 1 N–H and O–H groups in total. The first kappa shape index (κ1) is 16.9. The van der Waals surface area contributed by atoms with Crippen LogP contribution in [0.25, 0.3) is 5.69 Å². The van der Waals surface area contributed by atoms with Crippen LogP contribution in [0, 0.1) is 0 Å². The number of ether oxygens (including phenoxy) is 2. The van der Waals surface area contributed by atoms with Crippen LogP contribution in [0.1, 0.15) is 10.5 Å². The van der Waals surface area contributed by atoms with Crippen LogP contribution in [0.2, 0.25) is 5.02 Å². The van der Waals surface area contributed by atoms with Gasteiger partial charge in [-0.05, 0) is 30.3 Å². The molecule has 7 heteroatoms. The number of carbonyl (C=O) groups is 1. The zero-order valence-corrected chi connectivity index (χ0v) is 14.4. The van der Waals surface area contributed by atoms with Crippen molar-refractivity contribution in [1.82, 2.24) is 9.55 Å². The van der Waals surface area contributed by atoms with Crippen LogP contribution in [0.3, 0.4) is 0 Å². The zero-order chi connectivity index (χ0) is 17.8.